The molecule has 0 saturated carbocycles. The minimum absolute atomic E-state index is 0.668. The molecule has 3 aromatic rings. The van der Waals surface area contributed by atoms with Crippen molar-refractivity contribution >= 4 is 16.9 Å². The molecule has 0 bridgehead atoms. The SMILES string of the molecule is COc1cc2c(cc1-c1nc3ncncc3[nH]1)CCCN2C. The van der Waals surface area contributed by atoms with E-state index in [1.807, 2.05) is 0 Å². The number of fused-ring (bicyclic) bond motifs is 2. The van der Waals surface area contributed by atoms with Gasteiger partial charge in [-0.25, -0.2) is 15.0 Å². The first-order valence-corrected chi connectivity index (χ1v) is 7.34. The Kier molecular flexibility index (Phi) is 2.96. The number of nitrogens with one attached hydrogen (secondary N) is 1. The van der Waals surface area contributed by atoms with Gasteiger partial charge in [-0.3, -0.25) is 0 Å². The van der Waals surface area contributed by atoms with Gasteiger partial charge in [-0.1, -0.05) is 0 Å². The number of aromatic amines is 1. The van der Waals surface area contributed by atoms with Gasteiger partial charge >= 0.3 is 0 Å². The maximum absolute atomic E-state index is 5.59. The van der Waals surface area contributed by atoms with E-state index in [9.17, 15) is 0 Å². The second-order valence-electron chi connectivity index (χ2n) is 5.55. The maximum atomic E-state index is 5.59. The van der Waals surface area contributed by atoms with Crippen LogP contribution in [0.3, 0.4) is 0 Å². The fourth-order valence-electron chi connectivity index (χ4n) is 3.04. The highest BCUT2D eigenvalue weighted by Crippen LogP contribution is 2.37. The average molecular weight is 295 g/mol. The van der Waals surface area contributed by atoms with Crippen LogP contribution in [0.4, 0.5) is 5.69 Å². The molecule has 0 amide bonds. The number of hydrogen-bond acceptors (Lipinski definition) is 5. The third kappa shape index (κ3) is 1.99. The van der Waals surface area contributed by atoms with Crippen molar-refractivity contribution in [2.24, 2.45) is 0 Å². The number of aryl methyl sites for hydroxylation is 1. The lowest BCUT2D eigenvalue weighted by Crippen LogP contribution is -2.24. The van der Waals surface area contributed by atoms with Crippen LogP contribution in [0.15, 0.2) is 24.7 Å². The number of rotatable bonds is 2. The van der Waals surface area contributed by atoms with E-state index in [2.05, 4.69) is 44.0 Å². The molecular formula is C16H17N5O. The van der Waals surface area contributed by atoms with Crippen LogP contribution in [0.2, 0.25) is 0 Å². The van der Waals surface area contributed by atoms with Gasteiger partial charge < -0.3 is 14.6 Å². The first kappa shape index (κ1) is 13.1. The molecule has 1 aromatic carbocycles. The van der Waals surface area contributed by atoms with Crippen molar-refractivity contribution in [1.82, 2.24) is 19.9 Å². The minimum atomic E-state index is 0.668. The molecule has 4 rings (SSSR count). The quantitative estimate of drug-likeness (QED) is 0.786. The van der Waals surface area contributed by atoms with Crippen molar-refractivity contribution in [3.8, 4) is 17.1 Å². The van der Waals surface area contributed by atoms with Gasteiger partial charge in [0.25, 0.3) is 0 Å². The van der Waals surface area contributed by atoms with Gasteiger partial charge in [0.1, 0.15) is 23.4 Å². The lowest BCUT2D eigenvalue weighted by Gasteiger charge is -2.28. The standard InChI is InChI=1S/C16H17N5O/c1-21-5-3-4-10-6-11(14(22-2)7-13(10)21)15-19-12-8-17-9-18-16(12)20-15/h6-9H,3-5H2,1-2H3,(H,17,18,19,20). The molecule has 1 N–H and O–H groups in total. The summed E-state index contributed by atoms with van der Waals surface area (Å²) in [5, 5.41) is 0. The summed E-state index contributed by atoms with van der Waals surface area (Å²) in [6.07, 6.45) is 5.49. The number of ether oxygens (including phenoxy) is 1. The number of benzene rings is 1. The van der Waals surface area contributed by atoms with Crippen molar-refractivity contribution < 1.29 is 4.74 Å². The maximum Gasteiger partial charge on any atom is 0.181 e. The number of anilines is 1. The molecule has 0 saturated heterocycles. The molecule has 0 radical (unpaired) electrons. The van der Waals surface area contributed by atoms with E-state index >= 15 is 0 Å². The zero-order valence-corrected chi connectivity index (χ0v) is 12.6. The van der Waals surface area contributed by atoms with Gasteiger partial charge in [-0.15, -0.1) is 0 Å². The van der Waals surface area contributed by atoms with Crippen molar-refractivity contribution in [2.75, 3.05) is 25.6 Å². The number of hydrogen-bond donors (Lipinski definition) is 1. The Balaban J connectivity index is 1.90. The van der Waals surface area contributed by atoms with Crippen LogP contribution in [-0.2, 0) is 6.42 Å². The van der Waals surface area contributed by atoms with Gasteiger partial charge in [0.2, 0.25) is 0 Å². The molecule has 1 aliphatic heterocycles. The lowest BCUT2D eigenvalue weighted by atomic mass is 9.98. The topological polar surface area (TPSA) is 66.9 Å². The highest BCUT2D eigenvalue weighted by atomic mass is 16.5. The Hall–Kier alpha value is -2.63. The summed E-state index contributed by atoms with van der Waals surface area (Å²) in [6.45, 7) is 1.08. The van der Waals surface area contributed by atoms with Crippen LogP contribution in [0.5, 0.6) is 5.75 Å². The summed E-state index contributed by atoms with van der Waals surface area (Å²) in [5.74, 6) is 1.59. The third-order valence-electron chi connectivity index (χ3n) is 4.17. The molecule has 0 atom stereocenters. The van der Waals surface area contributed by atoms with Gasteiger partial charge in [0, 0.05) is 25.3 Å². The number of methoxy groups -OCH3 is 1. The molecule has 0 fully saturated rings. The van der Waals surface area contributed by atoms with Gasteiger partial charge in [0.05, 0.1) is 18.9 Å². The van der Waals surface area contributed by atoms with E-state index in [1.165, 1.54) is 24.0 Å². The predicted molar refractivity (Wildman–Crippen MR) is 85.3 cm³/mol. The van der Waals surface area contributed by atoms with Crippen LogP contribution in [0.25, 0.3) is 22.6 Å². The van der Waals surface area contributed by atoms with E-state index in [1.54, 1.807) is 13.3 Å². The van der Waals surface area contributed by atoms with Crippen molar-refractivity contribution in [1.29, 1.82) is 0 Å². The first-order valence-electron chi connectivity index (χ1n) is 7.34. The molecule has 3 heterocycles. The third-order valence-corrected chi connectivity index (χ3v) is 4.17. The van der Waals surface area contributed by atoms with Crippen molar-refractivity contribution in [3.63, 3.8) is 0 Å². The molecule has 2 aromatic heterocycles. The zero-order chi connectivity index (χ0) is 15.1. The molecular weight excluding hydrogens is 278 g/mol. The Labute approximate surface area is 128 Å². The molecule has 22 heavy (non-hydrogen) atoms. The van der Waals surface area contributed by atoms with E-state index in [-0.39, 0.29) is 0 Å². The van der Waals surface area contributed by atoms with Crippen LogP contribution >= 0.6 is 0 Å². The number of nitrogens with zero attached hydrogens (tertiary/aromatic N) is 4. The van der Waals surface area contributed by atoms with Crippen LogP contribution in [-0.4, -0.2) is 40.6 Å². The van der Waals surface area contributed by atoms with E-state index in [0.29, 0.717) is 5.65 Å². The van der Waals surface area contributed by atoms with Crippen molar-refractivity contribution in [3.05, 3.63) is 30.2 Å². The number of H-pyrrole nitrogens is 1. The summed E-state index contributed by atoms with van der Waals surface area (Å²) in [5.41, 5.74) is 5.03. The Morgan fingerprint density at radius 3 is 3.05 bits per heavy atom. The normalized spacial score (nSPS) is 14.2. The van der Waals surface area contributed by atoms with E-state index in [4.69, 9.17) is 4.74 Å². The fourth-order valence-corrected chi connectivity index (χ4v) is 3.04. The highest BCUT2D eigenvalue weighted by Gasteiger charge is 2.19. The minimum Gasteiger partial charge on any atom is -0.496 e. The second-order valence-corrected chi connectivity index (χ2v) is 5.55. The zero-order valence-electron chi connectivity index (χ0n) is 12.6. The summed E-state index contributed by atoms with van der Waals surface area (Å²) >= 11 is 0. The molecule has 112 valence electrons. The van der Waals surface area contributed by atoms with Gasteiger partial charge in [-0.05, 0) is 24.5 Å². The molecule has 6 nitrogen and oxygen atoms in total. The predicted octanol–water partition coefficient (Wildman–Crippen LogP) is 2.41. The summed E-state index contributed by atoms with van der Waals surface area (Å²) in [6, 6.07) is 4.28. The molecule has 0 aliphatic carbocycles. The van der Waals surface area contributed by atoms with Crippen LogP contribution in [0.1, 0.15) is 12.0 Å². The monoisotopic (exact) mass is 295 g/mol. The molecule has 1 aliphatic rings. The Morgan fingerprint density at radius 2 is 2.23 bits per heavy atom. The fraction of sp³-hybridized carbons (Fsp3) is 0.312. The first-order chi connectivity index (χ1) is 10.8. The summed E-state index contributed by atoms with van der Waals surface area (Å²) in [4.78, 5) is 18.3. The largest absolute Gasteiger partial charge is 0.496 e. The molecule has 0 unspecified atom stereocenters. The number of imidazole rings is 1. The van der Waals surface area contributed by atoms with E-state index < -0.39 is 0 Å². The average Bonchev–Trinajstić information content (AvgIpc) is 2.98. The lowest BCUT2D eigenvalue weighted by molar-refractivity contribution is 0.416. The summed E-state index contributed by atoms with van der Waals surface area (Å²) < 4.78 is 5.59. The Bertz CT molecular complexity index is 809. The van der Waals surface area contributed by atoms with Crippen LogP contribution in [0, 0.1) is 0 Å². The number of aromatic nitrogens is 4. The van der Waals surface area contributed by atoms with Crippen molar-refractivity contribution in [2.45, 2.75) is 12.8 Å². The van der Waals surface area contributed by atoms with Gasteiger partial charge in [0.15, 0.2) is 5.65 Å². The molecule has 6 heteroatoms. The Morgan fingerprint density at radius 1 is 1.32 bits per heavy atom. The van der Waals surface area contributed by atoms with Crippen LogP contribution < -0.4 is 9.64 Å². The van der Waals surface area contributed by atoms with Gasteiger partial charge in [-0.2, -0.15) is 0 Å². The molecule has 0 spiro atoms. The van der Waals surface area contributed by atoms with E-state index in [0.717, 1.165) is 35.6 Å². The summed E-state index contributed by atoms with van der Waals surface area (Å²) in [7, 11) is 3.81. The second kappa shape index (κ2) is 4.98. The smallest absolute Gasteiger partial charge is 0.181 e. The highest BCUT2D eigenvalue weighted by molar-refractivity contribution is 5.79.